The van der Waals surface area contributed by atoms with Gasteiger partial charge in [0.25, 0.3) is 5.56 Å². The quantitative estimate of drug-likeness (QED) is 0.824. The van der Waals surface area contributed by atoms with Gasteiger partial charge in [-0.15, -0.1) is 0 Å². The van der Waals surface area contributed by atoms with E-state index in [1.165, 1.54) is 0 Å². The van der Waals surface area contributed by atoms with Crippen LogP contribution in [0.5, 0.6) is 0 Å². The summed E-state index contributed by atoms with van der Waals surface area (Å²) < 4.78 is 1.61. The molecule has 0 unspecified atom stereocenters. The van der Waals surface area contributed by atoms with Crippen molar-refractivity contribution >= 4 is 0 Å². The highest BCUT2D eigenvalue weighted by molar-refractivity contribution is 5.16. The molecule has 19 heavy (non-hydrogen) atoms. The Morgan fingerprint density at radius 2 is 2.00 bits per heavy atom. The summed E-state index contributed by atoms with van der Waals surface area (Å²) in [6.07, 6.45) is 0.924. The fourth-order valence-electron chi connectivity index (χ4n) is 1.89. The van der Waals surface area contributed by atoms with Crippen molar-refractivity contribution in [1.82, 2.24) is 15.1 Å². The van der Waals surface area contributed by atoms with E-state index < -0.39 is 0 Å². The summed E-state index contributed by atoms with van der Waals surface area (Å²) >= 11 is 0. The molecule has 1 N–H and O–H groups in total. The molecule has 0 bridgehead atoms. The summed E-state index contributed by atoms with van der Waals surface area (Å²) in [5, 5.41) is 7.78. The first-order valence-electron chi connectivity index (χ1n) is 7.27. The molecule has 0 saturated heterocycles. The minimum Gasteiger partial charge on any atom is -0.312 e. The van der Waals surface area contributed by atoms with Gasteiger partial charge < -0.3 is 5.32 Å². The third-order valence-corrected chi connectivity index (χ3v) is 2.96. The predicted molar refractivity (Wildman–Crippen MR) is 79.4 cm³/mol. The van der Waals surface area contributed by atoms with Crippen LogP contribution in [0, 0.1) is 5.92 Å². The van der Waals surface area contributed by atoms with Gasteiger partial charge in [0.1, 0.15) is 0 Å². The number of rotatable bonds is 7. The van der Waals surface area contributed by atoms with E-state index >= 15 is 0 Å². The molecule has 1 rings (SSSR count). The van der Waals surface area contributed by atoms with Gasteiger partial charge in [-0.25, -0.2) is 4.68 Å². The molecule has 0 aromatic carbocycles. The van der Waals surface area contributed by atoms with Gasteiger partial charge >= 0.3 is 0 Å². The van der Waals surface area contributed by atoms with Crippen molar-refractivity contribution in [3.8, 4) is 0 Å². The first-order valence-corrected chi connectivity index (χ1v) is 7.27. The van der Waals surface area contributed by atoms with Gasteiger partial charge in [-0.05, 0) is 30.9 Å². The molecule has 1 aromatic heterocycles. The molecule has 4 heteroatoms. The highest BCUT2D eigenvalue weighted by Gasteiger charge is 2.10. The van der Waals surface area contributed by atoms with Crippen LogP contribution in [0.1, 0.15) is 58.2 Å². The normalized spacial score (nSPS) is 11.5. The zero-order chi connectivity index (χ0) is 14.4. The maximum absolute atomic E-state index is 12.3. The van der Waals surface area contributed by atoms with Gasteiger partial charge in [-0.3, -0.25) is 4.79 Å². The lowest BCUT2D eigenvalue weighted by Gasteiger charge is -2.13. The van der Waals surface area contributed by atoms with Crippen molar-refractivity contribution < 1.29 is 0 Å². The Hall–Kier alpha value is -1.16. The second kappa shape index (κ2) is 7.43. The number of hydrogen-bond acceptors (Lipinski definition) is 3. The van der Waals surface area contributed by atoms with E-state index in [1.54, 1.807) is 4.68 Å². The minimum atomic E-state index is 0.0440. The molecular weight excluding hydrogens is 238 g/mol. The second-order valence-corrected chi connectivity index (χ2v) is 5.80. The van der Waals surface area contributed by atoms with Gasteiger partial charge in [0, 0.05) is 18.7 Å². The Morgan fingerprint density at radius 3 is 2.53 bits per heavy atom. The molecule has 108 valence electrons. The second-order valence-electron chi connectivity index (χ2n) is 5.80. The SMILES string of the molecule is CCCn1nc(C(C)C)cc(CNCC(C)C)c1=O. The zero-order valence-electron chi connectivity index (χ0n) is 12.9. The van der Waals surface area contributed by atoms with E-state index in [2.05, 4.69) is 45.0 Å². The highest BCUT2D eigenvalue weighted by Crippen LogP contribution is 2.10. The van der Waals surface area contributed by atoms with Crippen molar-refractivity contribution in [3.63, 3.8) is 0 Å². The molecule has 0 spiro atoms. The summed E-state index contributed by atoms with van der Waals surface area (Å²) in [6, 6.07) is 1.95. The van der Waals surface area contributed by atoms with Crippen LogP contribution in [0.4, 0.5) is 0 Å². The van der Waals surface area contributed by atoms with E-state index in [1.807, 2.05) is 6.07 Å². The molecule has 0 aliphatic carbocycles. The van der Waals surface area contributed by atoms with Crippen LogP contribution in [0.3, 0.4) is 0 Å². The summed E-state index contributed by atoms with van der Waals surface area (Å²) in [5.74, 6) is 0.928. The van der Waals surface area contributed by atoms with Crippen LogP contribution in [0.25, 0.3) is 0 Å². The van der Waals surface area contributed by atoms with Gasteiger partial charge in [-0.1, -0.05) is 34.6 Å². The van der Waals surface area contributed by atoms with Gasteiger partial charge in [0.2, 0.25) is 0 Å². The van der Waals surface area contributed by atoms with Crippen LogP contribution in [-0.4, -0.2) is 16.3 Å². The monoisotopic (exact) mass is 265 g/mol. The Labute approximate surface area is 116 Å². The van der Waals surface area contributed by atoms with Crippen molar-refractivity contribution in [2.24, 2.45) is 5.92 Å². The van der Waals surface area contributed by atoms with Crippen molar-refractivity contribution in [1.29, 1.82) is 0 Å². The number of aryl methyl sites for hydroxylation is 1. The number of nitrogens with one attached hydrogen (secondary N) is 1. The third kappa shape index (κ3) is 4.78. The third-order valence-electron chi connectivity index (χ3n) is 2.96. The zero-order valence-corrected chi connectivity index (χ0v) is 12.9. The van der Waals surface area contributed by atoms with Gasteiger partial charge in [-0.2, -0.15) is 5.10 Å². The molecule has 0 atom stereocenters. The number of hydrogen-bond donors (Lipinski definition) is 1. The molecule has 0 radical (unpaired) electrons. The van der Waals surface area contributed by atoms with Crippen LogP contribution >= 0.6 is 0 Å². The average Bonchev–Trinajstić information content (AvgIpc) is 2.33. The summed E-state index contributed by atoms with van der Waals surface area (Å²) in [7, 11) is 0. The summed E-state index contributed by atoms with van der Waals surface area (Å²) in [6.45, 7) is 12.8. The number of nitrogens with zero attached hydrogens (tertiary/aromatic N) is 2. The maximum atomic E-state index is 12.3. The Bertz CT molecular complexity index is 449. The Morgan fingerprint density at radius 1 is 1.32 bits per heavy atom. The lowest BCUT2D eigenvalue weighted by Crippen LogP contribution is -2.31. The highest BCUT2D eigenvalue weighted by atomic mass is 16.1. The van der Waals surface area contributed by atoms with Crippen molar-refractivity contribution in [2.75, 3.05) is 6.54 Å². The van der Waals surface area contributed by atoms with E-state index in [0.717, 1.165) is 24.2 Å². The van der Waals surface area contributed by atoms with Gasteiger partial charge in [0.15, 0.2) is 0 Å². The summed E-state index contributed by atoms with van der Waals surface area (Å²) in [5.41, 5.74) is 1.87. The van der Waals surface area contributed by atoms with Crippen LogP contribution in [0.2, 0.25) is 0 Å². The van der Waals surface area contributed by atoms with Crippen molar-refractivity contribution in [2.45, 2.75) is 60.0 Å². The molecule has 1 heterocycles. The lowest BCUT2D eigenvalue weighted by atomic mass is 10.1. The number of aromatic nitrogens is 2. The Kier molecular flexibility index (Phi) is 6.22. The molecular formula is C15H27N3O. The average molecular weight is 265 g/mol. The van der Waals surface area contributed by atoms with E-state index in [-0.39, 0.29) is 5.56 Å². The molecule has 0 fully saturated rings. The fraction of sp³-hybridized carbons (Fsp3) is 0.733. The molecule has 0 amide bonds. The largest absolute Gasteiger partial charge is 0.312 e. The molecule has 4 nitrogen and oxygen atoms in total. The van der Waals surface area contributed by atoms with E-state index in [4.69, 9.17) is 0 Å². The van der Waals surface area contributed by atoms with Crippen LogP contribution in [-0.2, 0) is 13.1 Å². The first kappa shape index (κ1) is 15.9. The predicted octanol–water partition coefficient (Wildman–Crippen LogP) is 2.52. The molecule has 0 aliphatic rings. The van der Waals surface area contributed by atoms with Crippen molar-refractivity contribution in [3.05, 3.63) is 27.7 Å². The minimum absolute atomic E-state index is 0.0440. The fourth-order valence-corrected chi connectivity index (χ4v) is 1.89. The maximum Gasteiger partial charge on any atom is 0.271 e. The smallest absolute Gasteiger partial charge is 0.271 e. The molecule has 0 saturated carbocycles. The molecule has 0 aliphatic heterocycles. The topological polar surface area (TPSA) is 46.9 Å². The van der Waals surface area contributed by atoms with Crippen LogP contribution in [0.15, 0.2) is 10.9 Å². The lowest BCUT2D eigenvalue weighted by molar-refractivity contribution is 0.521. The Balaban J connectivity index is 2.97. The standard InChI is InChI=1S/C15H27N3O/c1-6-7-18-15(19)13(10-16-9-11(2)3)8-14(17-18)12(4)5/h8,11-12,16H,6-7,9-10H2,1-5H3. The van der Waals surface area contributed by atoms with Gasteiger partial charge in [0.05, 0.1) is 5.69 Å². The summed E-state index contributed by atoms with van der Waals surface area (Å²) in [4.78, 5) is 12.3. The van der Waals surface area contributed by atoms with E-state index in [9.17, 15) is 4.79 Å². The first-order chi connectivity index (χ1) is 8.95. The van der Waals surface area contributed by atoms with E-state index in [0.29, 0.717) is 24.9 Å². The van der Waals surface area contributed by atoms with Crippen LogP contribution < -0.4 is 10.9 Å². The molecule has 1 aromatic rings.